The first-order valence-electron chi connectivity index (χ1n) is 23.7. The Hall–Kier alpha value is -3.00. The number of hydrogen-bond donors (Lipinski definition) is 2. The number of Topliss-reactive ketones (excluding diaryl/α,β-unsaturated/α-hetero) is 1. The van der Waals surface area contributed by atoms with Gasteiger partial charge < -0.3 is 53.1 Å². The number of ketones is 1. The summed E-state index contributed by atoms with van der Waals surface area (Å²) in [6.07, 6.45) is -41.5. The molecule has 0 fully saturated rings. The van der Waals surface area contributed by atoms with Gasteiger partial charge in [-0.2, -0.15) is 110 Å². The minimum Gasteiger partial charge on any atom is -1.00 e. The number of halogens is 34. The normalized spacial score (nSPS) is 16.9. The zero-order chi connectivity index (χ0) is 77.2. The molecule has 558 valence electrons. The Kier molecular flexibility index (Phi) is 67.2. The number of methoxy groups -OCH3 is 3. The van der Waals surface area contributed by atoms with E-state index in [0.29, 0.717) is 38.5 Å². The first kappa shape index (κ1) is 120. The van der Waals surface area contributed by atoms with Gasteiger partial charge >= 0.3 is 109 Å². The molecule has 7 nitrogen and oxygen atoms in total. The molecule has 43 heteroatoms. The van der Waals surface area contributed by atoms with Crippen molar-refractivity contribution in [1.82, 2.24) is 0 Å². The van der Waals surface area contributed by atoms with Gasteiger partial charge in [0.15, 0.2) is 0 Å². The number of allylic oxidation sites excluding steroid dienone is 6. The number of aliphatic hydroxyl groups excluding tert-OH is 1. The molecule has 0 spiro atoms. The monoisotopic (exact) mass is 1640 g/mol. The second-order valence-corrected chi connectivity index (χ2v) is 16.0. The Morgan fingerprint density at radius 1 is 0.688 bits per heavy atom. The summed E-state index contributed by atoms with van der Waals surface area (Å²) < 4.78 is 378. The van der Waals surface area contributed by atoms with E-state index in [1.807, 2.05) is 57.2 Å². The zero-order valence-corrected chi connectivity index (χ0v) is 58.6. The van der Waals surface area contributed by atoms with Crippen molar-refractivity contribution in [1.29, 1.82) is 0 Å². The van der Waals surface area contributed by atoms with Crippen molar-refractivity contribution in [3.8, 4) is 0 Å². The average Bonchev–Trinajstić information content (AvgIpc) is 1.73. The van der Waals surface area contributed by atoms with Gasteiger partial charge in [-0.05, 0) is 30.7 Å². The molecule has 1 aromatic carbocycles. The van der Waals surface area contributed by atoms with Gasteiger partial charge in [-0.3, -0.25) is 11.4 Å². The van der Waals surface area contributed by atoms with E-state index in [-0.39, 0.29) is 83.2 Å². The Bertz CT molecular complexity index is 2300. The summed E-state index contributed by atoms with van der Waals surface area (Å²) in [5.41, 5.74) is -9.93. The molecule has 96 heavy (non-hydrogen) atoms. The van der Waals surface area contributed by atoms with Crippen LogP contribution in [-0.2, 0) is 19.0 Å². The molecule has 2 N–H and O–H groups in total. The van der Waals surface area contributed by atoms with E-state index in [2.05, 4.69) is 87.8 Å². The van der Waals surface area contributed by atoms with E-state index in [1.165, 1.54) is 11.9 Å². The minimum absolute atomic E-state index is 0. The standard InChI is InChI=1S/C9H11F5O.C8H8.C7H7F5O.2C6H5F5O.C3H5Br.C3H2F6O.C3HF5O.C3H8O.C2H6.C2H3.CH3Cl.BrH.Mg.Na/c1-4-6-8(10,11)7(5-2,15-3)9(12,13)14;1-2-8-6-4-3-5-7-8;1-13-5(7(10,11)12)3-2-4-6(5,8)9;7-5(8)3-1-2-4(5,12)6(9,10)11;1-2-3-5(7,8)4(12)6(9,10)11;1-2-3-4;4-2(5,6)1(10)3(7,8)9;4-2(5)1(9)3(6,7)8;1-3-4-2;3*1-2;;;/h4-5H,1-2,6H2,3H3;2-7H,1H2;2-3H,4H2,1H3;1-2,12H,3H2;2H,1,3H2;2H,1,3H2;1,10H;9H;3H2,1-2H3;1-2H3;1H,2H2;1H3;1H;;/q;;;;;;;;;;-1;;;+2;+1/p-1. The molecule has 3 unspecified atom stereocenters. The quantitative estimate of drug-likeness (QED) is 0.0536. The van der Waals surface area contributed by atoms with Gasteiger partial charge in [0.1, 0.15) is 0 Å². The van der Waals surface area contributed by atoms with E-state index >= 15 is 0 Å². The maximum absolute atomic E-state index is 13.3. The smallest absolute Gasteiger partial charge is 1.00 e. The third kappa shape index (κ3) is 43.6. The minimum atomic E-state index is -5.63. The first-order chi connectivity index (χ1) is 41.6. The second kappa shape index (κ2) is 53.8. The van der Waals surface area contributed by atoms with E-state index < -0.39 is 133 Å². The van der Waals surface area contributed by atoms with Crippen LogP contribution in [0.3, 0.4) is 0 Å². The van der Waals surface area contributed by atoms with Gasteiger partial charge in [0, 0.05) is 71.1 Å². The predicted molar refractivity (Wildman–Crippen MR) is 292 cm³/mol. The second-order valence-electron chi connectivity index (χ2n) is 15.4. The number of rotatable bonds is 12. The molecule has 1 aromatic rings. The summed E-state index contributed by atoms with van der Waals surface area (Å²) in [5, 5.41) is 26.2. The van der Waals surface area contributed by atoms with Gasteiger partial charge in [-0.25, -0.2) is 26.3 Å². The number of carbonyl (C=O) groups is 1. The Labute approximate surface area is 595 Å². The van der Waals surface area contributed by atoms with Crippen molar-refractivity contribution in [2.75, 3.05) is 39.6 Å². The molecule has 2 aliphatic carbocycles. The van der Waals surface area contributed by atoms with Crippen LogP contribution in [0.25, 0.3) is 6.08 Å². The van der Waals surface area contributed by atoms with Crippen LogP contribution < -0.4 is 51.6 Å². The van der Waals surface area contributed by atoms with Crippen LogP contribution in [0.2, 0.25) is 0 Å². The van der Waals surface area contributed by atoms with Crippen molar-refractivity contribution in [3.63, 3.8) is 0 Å². The fraction of sp³-hybridized carbons (Fsp3) is 0.528. The largest absolute Gasteiger partial charge is 2.00 e. The van der Waals surface area contributed by atoms with Crippen LogP contribution in [0, 0.1) is 6.58 Å². The number of benzene rings is 1. The molecule has 0 radical (unpaired) electrons. The van der Waals surface area contributed by atoms with Crippen LogP contribution in [0.4, 0.5) is 136 Å². The SMILES string of the molecule is C=CCBr.C=CCC(F)(F)C(=O)C(F)(F)F.C=CCC(F)(F)C(C=C)(OC)C(F)(F)F.C=Cc1ccccc1.CC.CCOC.CCl.COC1(C(F)(F)F)C=CCC1(F)F.OC(C(F)(F)F)C(F)(F)F.OC1(C(F)(F)F)C=CCC1(F)F.[Br-].[CH-]=C.[H+].[Mg+2].[Na+].[O-]C(=C(F)F)C(F)(F)F. The molecule has 0 saturated carbocycles. The fourth-order valence-corrected chi connectivity index (χ4v) is 4.76. The molecular formula is C53H64Br2ClF31MgNaO7+. The fourth-order valence-electron chi connectivity index (χ4n) is 4.76. The maximum atomic E-state index is 13.3. The number of aliphatic hydroxyl groups is 2. The van der Waals surface area contributed by atoms with Crippen LogP contribution in [0.5, 0.6) is 0 Å². The molecule has 3 atom stereocenters. The molecule has 0 amide bonds. The first-order valence-corrected chi connectivity index (χ1v) is 25.6. The summed E-state index contributed by atoms with van der Waals surface area (Å²) in [7, 11) is 2.86. The van der Waals surface area contributed by atoms with Crippen molar-refractivity contribution in [2.24, 2.45) is 0 Å². The molecule has 0 heterocycles. The van der Waals surface area contributed by atoms with Gasteiger partial charge in [-0.1, -0.05) is 110 Å². The van der Waals surface area contributed by atoms with Gasteiger partial charge in [-0.15, -0.1) is 31.3 Å². The number of carbonyl (C=O) groups excluding carboxylic acids is 1. The summed E-state index contributed by atoms with van der Waals surface area (Å²) in [5.74, 6) is -22.7. The Morgan fingerprint density at radius 3 is 1.18 bits per heavy atom. The molecule has 2 aliphatic rings. The molecular weight excluding hydrogens is 1580 g/mol. The maximum Gasteiger partial charge on any atom is 2.00 e. The van der Waals surface area contributed by atoms with Gasteiger partial charge in [0.05, 0.1) is 0 Å². The summed E-state index contributed by atoms with van der Waals surface area (Å²) >= 11 is 7.77. The molecule has 0 saturated heterocycles. The topological polar surface area (TPSA) is 108 Å². The summed E-state index contributed by atoms with van der Waals surface area (Å²) in [6, 6.07) is 10.0. The predicted octanol–water partition coefficient (Wildman–Crippen LogP) is 13.3. The van der Waals surface area contributed by atoms with Crippen molar-refractivity contribution in [3.05, 3.63) is 142 Å². The van der Waals surface area contributed by atoms with Crippen LogP contribution in [0.15, 0.2) is 130 Å². The van der Waals surface area contributed by atoms with Gasteiger partial charge in [0.25, 0.3) is 23.8 Å². The molecule has 3 rings (SSSR count). The van der Waals surface area contributed by atoms with Crippen LogP contribution >= 0.6 is 27.5 Å². The van der Waals surface area contributed by atoms with E-state index in [4.69, 9.17) is 10.2 Å². The van der Waals surface area contributed by atoms with E-state index in [0.717, 1.165) is 18.0 Å². The molecule has 0 aliphatic heterocycles. The summed E-state index contributed by atoms with van der Waals surface area (Å²) in [4.78, 5) is 9.95. The average molecular weight is 1640 g/mol. The van der Waals surface area contributed by atoms with Crippen molar-refractivity contribution < 1.29 is 218 Å². The third-order valence-electron chi connectivity index (χ3n) is 9.18. The third-order valence-corrected chi connectivity index (χ3v) is 9.64. The Balaban J connectivity index is -0.0000000746. The van der Waals surface area contributed by atoms with E-state index in [9.17, 15) is 146 Å². The van der Waals surface area contributed by atoms with Crippen LogP contribution in [0.1, 0.15) is 53.4 Å². The summed E-state index contributed by atoms with van der Waals surface area (Å²) in [6.45, 7) is 29.4. The van der Waals surface area contributed by atoms with E-state index in [1.54, 1.807) is 13.2 Å². The molecule has 0 bridgehead atoms. The Morgan fingerprint density at radius 2 is 1.04 bits per heavy atom. The molecule has 0 aromatic heterocycles. The number of hydrogen-bond acceptors (Lipinski definition) is 7. The number of alkyl halides is 31. The van der Waals surface area contributed by atoms with Crippen LogP contribution in [-0.4, -0.2) is 169 Å². The van der Waals surface area contributed by atoms with Gasteiger partial charge in [0.2, 0.25) is 22.9 Å². The van der Waals surface area contributed by atoms with Crippen molar-refractivity contribution in [2.45, 2.75) is 136 Å². The zero-order valence-electron chi connectivity index (χ0n) is 52.2. The number of ether oxygens (including phenoxy) is 3. The van der Waals surface area contributed by atoms with Crippen molar-refractivity contribution >= 4 is 62.4 Å².